The Morgan fingerprint density at radius 3 is 2.92 bits per heavy atom. The van der Waals surface area contributed by atoms with Crippen LogP contribution < -0.4 is 5.73 Å². The van der Waals surface area contributed by atoms with E-state index in [0.29, 0.717) is 11.4 Å². The van der Waals surface area contributed by atoms with E-state index in [0.717, 1.165) is 10.8 Å². The van der Waals surface area contributed by atoms with Crippen molar-refractivity contribution >= 4 is 16.5 Å². The van der Waals surface area contributed by atoms with Gasteiger partial charge in [-0.3, -0.25) is 0 Å². The first-order valence-corrected chi connectivity index (χ1v) is 3.85. The van der Waals surface area contributed by atoms with E-state index in [4.69, 9.17) is 11.0 Å². The van der Waals surface area contributed by atoms with Crippen molar-refractivity contribution in [2.75, 3.05) is 5.73 Å². The monoisotopic (exact) mass is 169 g/mol. The summed E-state index contributed by atoms with van der Waals surface area (Å²) in [6.45, 7) is 0. The number of hydrogen-bond acceptors (Lipinski definition) is 3. The van der Waals surface area contributed by atoms with Crippen molar-refractivity contribution in [3.63, 3.8) is 0 Å². The summed E-state index contributed by atoms with van der Waals surface area (Å²) >= 11 is 0. The van der Waals surface area contributed by atoms with Crippen LogP contribution >= 0.6 is 0 Å². The molecule has 0 radical (unpaired) electrons. The van der Waals surface area contributed by atoms with E-state index in [9.17, 15) is 0 Å². The number of anilines is 1. The van der Waals surface area contributed by atoms with Gasteiger partial charge in [0.1, 0.15) is 11.8 Å². The molecule has 1 aromatic carbocycles. The summed E-state index contributed by atoms with van der Waals surface area (Å²) in [5.74, 6) is 0. The smallest absolute Gasteiger partial charge is 0.148 e. The van der Waals surface area contributed by atoms with E-state index >= 15 is 0 Å². The van der Waals surface area contributed by atoms with Crippen molar-refractivity contribution in [2.45, 2.75) is 0 Å². The second-order valence-electron chi connectivity index (χ2n) is 2.75. The standard InChI is InChI=1S/C10H7N3/c11-6-10-9-5-8(12)2-1-7(9)3-4-13-10/h1-5H,12H2. The van der Waals surface area contributed by atoms with Crippen molar-refractivity contribution in [3.05, 3.63) is 36.2 Å². The molecule has 0 saturated heterocycles. The molecule has 3 nitrogen and oxygen atoms in total. The number of benzene rings is 1. The Bertz CT molecular complexity index is 497. The van der Waals surface area contributed by atoms with Crippen LogP contribution in [0.1, 0.15) is 5.69 Å². The molecule has 0 bridgehead atoms. The highest BCUT2D eigenvalue weighted by molar-refractivity contribution is 5.88. The number of fused-ring (bicyclic) bond motifs is 1. The normalized spacial score (nSPS) is 9.77. The van der Waals surface area contributed by atoms with Crippen LogP contribution in [-0.2, 0) is 0 Å². The predicted molar refractivity (Wildman–Crippen MR) is 50.9 cm³/mol. The zero-order valence-corrected chi connectivity index (χ0v) is 6.86. The minimum atomic E-state index is 0.421. The lowest BCUT2D eigenvalue weighted by molar-refractivity contribution is 1.30. The molecule has 0 aliphatic heterocycles. The average molecular weight is 169 g/mol. The third-order valence-electron chi connectivity index (χ3n) is 1.90. The minimum absolute atomic E-state index is 0.421. The second kappa shape index (κ2) is 2.76. The highest BCUT2D eigenvalue weighted by Crippen LogP contribution is 2.18. The second-order valence-corrected chi connectivity index (χ2v) is 2.75. The summed E-state index contributed by atoms with van der Waals surface area (Å²) in [6.07, 6.45) is 1.62. The molecule has 62 valence electrons. The van der Waals surface area contributed by atoms with Crippen LogP contribution in [0.15, 0.2) is 30.5 Å². The molecule has 2 N–H and O–H groups in total. The molecule has 13 heavy (non-hydrogen) atoms. The number of aromatic nitrogens is 1. The molecule has 0 spiro atoms. The van der Waals surface area contributed by atoms with Gasteiger partial charge < -0.3 is 5.73 Å². The Balaban J connectivity index is 2.89. The van der Waals surface area contributed by atoms with Gasteiger partial charge in [0, 0.05) is 17.3 Å². The Labute approximate surface area is 75.4 Å². The SMILES string of the molecule is N#Cc1nccc2ccc(N)cc12. The first-order chi connectivity index (χ1) is 6.31. The molecule has 0 atom stereocenters. The molecule has 1 aromatic heterocycles. The number of nitrogens with two attached hydrogens (primary N) is 1. The number of nitrogens with zero attached hydrogens (tertiary/aromatic N) is 2. The molecule has 1 heterocycles. The van der Waals surface area contributed by atoms with Crippen molar-refractivity contribution in [3.8, 4) is 6.07 Å². The fraction of sp³-hybridized carbons (Fsp3) is 0. The van der Waals surface area contributed by atoms with Gasteiger partial charge in [0.15, 0.2) is 0 Å². The molecule has 2 aromatic rings. The summed E-state index contributed by atoms with van der Waals surface area (Å²) in [7, 11) is 0. The van der Waals surface area contributed by atoms with Crippen LogP contribution in [0.3, 0.4) is 0 Å². The quantitative estimate of drug-likeness (QED) is 0.610. The third-order valence-corrected chi connectivity index (χ3v) is 1.90. The number of hydrogen-bond donors (Lipinski definition) is 1. The van der Waals surface area contributed by atoms with Crippen LogP contribution in [0.5, 0.6) is 0 Å². The molecule has 3 heteroatoms. The van der Waals surface area contributed by atoms with Crippen LogP contribution in [-0.4, -0.2) is 4.98 Å². The molecule has 0 fully saturated rings. The van der Waals surface area contributed by atoms with Crippen LogP contribution in [0.25, 0.3) is 10.8 Å². The maximum absolute atomic E-state index is 8.77. The lowest BCUT2D eigenvalue weighted by Crippen LogP contribution is -1.88. The Hall–Kier alpha value is -2.08. The largest absolute Gasteiger partial charge is 0.399 e. The molecular weight excluding hydrogens is 162 g/mol. The maximum atomic E-state index is 8.77. The Morgan fingerprint density at radius 1 is 1.31 bits per heavy atom. The van der Waals surface area contributed by atoms with E-state index in [2.05, 4.69) is 4.98 Å². The number of rotatable bonds is 0. The molecule has 2 rings (SSSR count). The van der Waals surface area contributed by atoms with E-state index in [1.807, 2.05) is 24.3 Å². The summed E-state index contributed by atoms with van der Waals surface area (Å²) < 4.78 is 0. The van der Waals surface area contributed by atoms with Gasteiger partial charge in [-0.05, 0) is 23.6 Å². The lowest BCUT2D eigenvalue weighted by Gasteiger charge is -1.99. The zero-order valence-electron chi connectivity index (χ0n) is 6.86. The van der Waals surface area contributed by atoms with Crippen LogP contribution in [0.4, 0.5) is 5.69 Å². The van der Waals surface area contributed by atoms with Gasteiger partial charge in [0.25, 0.3) is 0 Å². The number of nitrogen functional groups attached to an aromatic ring is 1. The Morgan fingerprint density at radius 2 is 2.15 bits per heavy atom. The van der Waals surface area contributed by atoms with Crippen molar-refractivity contribution < 1.29 is 0 Å². The molecule has 0 amide bonds. The van der Waals surface area contributed by atoms with Crippen LogP contribution in [0, 0.1) is 11.3 Å². The summed E-state index contributed by atoms with van der Waals surface area (Å²) in [6, 6.07) is 9.34. The first-order valence-electron chi connectivity index (χ1n) is 3.85. The maximum Gasteiger partial charge on any atom is 0.148 e. The van der Waals surface area contributed by atoms with Gasteiger partial charge in [0.05, 0.1) is 0 Å². The number of nitriles is 1. The van der Waals surface area contributed by atoms with Crippen molar-refractivity contribution in [2.24, 2.45) is 0 Å². The van der Waals surface area contributed by atoms with E-state index in [1.165, 1.54) is 0 Å². The topological polar surface area (TPSA) is 62.7 Å². The van der Waals surface area contributed by atoms with Gasteiger partial charge in [-0.2, -0.15) is 5.26 Å². The molecular formula is C10H7N3. The molecule has 0 aliphatic carbocycles. The highest BCUT2D eigenvalue weighted by atomic mass is 14.7. The minimum Gasteiger partial charge on any atom is -0.399 e. The number of pyridine rings is 1. The lowest BCUT2D eigenvalue weighted by atomic mass is 10.1. The van der Waals surface area contributed by atoms with Gasteiger partial charge in [-0.1, -0.05) is 6.07 Å². The van der Waals surface area contributed by atoms with Gasteiger partial charge >= 0.3 is 0 Å². The van der Waals surface area contributed by atoms with Gasteiger partial charge in [-0.25, -0.2) is 4.98 Å². The highest BCUT2D eigenvalue weighted by Gasteiger charge is 2.00. The third kappa shape index (κ3) is 1.18. The fourth-order valence-corrected chi connectivity index (χ4v) is 1.28. The van der Waals surface area contributed by atoms with E-state index in [-0.39, 0.29) is 0 Å². The van der Waals surface area contributed by atoms with Gasteiger partial charge in [0.2, 0.25) is 0 Å². The average Bonchev–Trinajstić information content (AvgIpc) is 2.17. The fourth-order valence-electron chi connectivity index (χ4n) is 1.28. The van der Waals surface area contributed by atoms with E-state index < -0.39 is 0 Å². The summed E-state index contributed by atoms with van der Waals surface area (Å²) in [5, 5.41) is 10.6. The zero-order chi connectivity index (χ0) is 9.26. The Kier molecular flexibility index (Phi) is 1.60. The molecule has 0 aliphatic rings. The summed E-state index contributed by atoms with van der Waals surface area (Å²) in [5.41, 5.74) is 6.68. The van der Waals surface area contributed by atoms with Crippen molar-refractivity contribution in [1.82, 2.24) is 4.98 Å². The molecule has 0 saturated carbocycles. The predicted octanol–water partition coefficient (Wildman–Crippen LogP) is 1.69. The molecule has 0 unspecified atom stereocenters. The summed E-state index contributed by atoms with van der Waals surface area (Å²) in [4.78, 5) is 3.95. The van der Waals surface area contributed by atoms with Gasteiger partial charge in [-0.15, -0.1) is 0 Å². The van der Waals surface area contributed by atoms with E-state index in [1.54, 1.807) is 12.3 Å². The first kappa shape index (κ1) is 7.56. The van der Waals surface area contributed by atoms with Crippen LogP contribution in [0.2, 0.25) is 0 Å². The van der Waals surface area contributed by atoms with Crippen molar-refractivity contribution in [1.29, 1.82) is 5.26 Å².